The molecule has 2 heterocycles. The van der Waals surface area contributed by atoms with Gasteiger partial charge in [-0.1, -0.05) is 18.2 Å². The topological polar surface area (TPSA) is 42.2 Å². The highest BCUT2D eigenvalue weighted by molar-refractivity contribution is 9.10. The summed E-state index contributed by atoms with van der Waals surface area (Å²) < 4.78 is 6.24. The fourth-order valence-corrected chi connectivity index (χ4v) is 3.77. The van der Waals surface area contributed by atoms with Gasteiger partial charge in [-0.05, 0) is 46.6 Å². The fourth-order valence-electron chi connectivity index (χ4n) is 2.28. The van der Waals surface area contributed by atoms with E-state index in [0.29, 0.717) is 17.9 Å². The molecule has 21 heavy (non-hydrogen) atoms. The van der Waals surface area contributed by atoms with E-state index in [1.807, 2.05) is 30.3 Å². The van der Waals surface area contributed by atoms with Gasteiger partial charge in [-0.2, -0.15) is 0 Å². The lowest BCUT2D eigenvalue weighted by Gasteiger charge is -2.17. The molecule has 1 aromatic heterocycles. The number of para-hydroxylation sites is 1. The van der Waals surface area contributed by atoms with Gasteiger partial charge in [-0.15, -0.1) is 11.8 Å². The summed E-state index contributed by atoms with van der Waals surface area (Å²) in [4.78, 5) is 13.1. The van der Waals surface area contributed by atoms with Gasteiger partial charge in [-0.3, -0.25) is 0 Å². The third-order valence-corrected chi connectivity index (χ3v) is 4.93. The quantitative estimate of drug-likeness (QED) is 0.881. The summed E-state index contributed by atoms with van der Waals surface area (Å²) in [6, 6.07) is 9.87. The molecular formula is C16H14BrNO2S. The number of hydrogen-bond donors (Lipinski definition) is 1. The highest BCUT2D eigenvalue weighted by atomic mass is 79.9. The zero-order valence-corrected chi connectivity index (χ0v) is 13.9. The van der Waals surface area contributed by atoms with Crippen molar-refractivity contribution in [3.8, 4) is 0 Å². The van der Waals surface area contributed by atoms with Gasteiger partial charge >= 0.3 is 5.63 Å². The molecular weight excluding hydrogens is 350 g/mol. The maximum atomic E-state index is 12.1. The summed E-state index contributed by atoms with van der Waals surface area (Å²) in [5, 5.41) is 3.36. The van der Waals surface area contributed by atoms with Crippen molar-refractivity contribution in [2.75, 3.05) is 17.6 Å². The molecule has 0 amide bonds. The average molecular weight is 364 g/mol. The van der Waals surface area contributed by atoms with Crippen LogP contribution in [0.1, 0.15) is 11.3 Å². The van der Waals surface area contributed by atoms with E-state index in [1.54, 1.807) is 18.7 Å². The number of aryl methyl sites for hydroxylation is 1. The molecule has 0 saturated carbocycles. The summed E-state index contributed by atoms with van der Waals surface area (Å²) in [5.41, 5.74) is 2.44. The van der Waals surface area contributed by atoms with Gasteiger partial charge in [0.25, 0.3) is 0 Å². The van der Waals surface area contributed by atoms with Gasteiger partial charge < -0.3 is 9.73 Å². The van der Waals surface area contributed by atoms with Crippen molar-refractivity contribution in [3.05, 3.63) is 62.6 Å². The fraction of sp³-hybridized carbons (Fsp3) is 0.188. The minimum Gasteiger partial charge on any atom is -0.428 e. The van der Waals surface area contributed by atoms with Crippen LogP contribution in [0.25, 0.3) is 5.57 Å². The third-order valence-electron chi connectivity index (χ3n) is 3.27. The Balaban J connectivity index is 1.87. The Kier molecular flexibility index (Phi) is 4.22. The predicted molar refractivity (Wildman–Crippen MR) is 91.0 cm³/mol. The van der Waals surface area contributed by atoms with Crippen molar-refractivity contribution in [2.24, 2.45) is 0 Å². The van der Waals surface area contributed by atoms with Crippen LogP contribution in [0.15, 0.2) is 55.0 Å². The van der Waals surface area contributed by atoms with E-state index in [9.17, 15) is 4.79 Å². The van der Waals surface area contributed by atoms with Gasteiger partial charge in [0.05, 0.1) is 5.56 Å². The van der Waals surface area contributed by atoms with Crippen molar-refractivity contribution in [2.45, 2.75) is 11.8 Å². The molecule has 0 fully saturated rings. The second kappa shape index (κ2) is 6.12. The van der Waals surface area contributed by atoms with Crippen LogP contribution in [0.2, 0.25) is 0 Å². The lowest BCUT2D eigenvalue weighted by atomic mass is 10.1. The largest absolute Gasteiger partial charge is 0.428 e. The molecule has 108 valence electrons. The molecule has 0 atom stereocenters. The molecule has 0 spiro atoms. The van der Waals surface area contributed by atoms with Gasteiger partial charge in [-0.25, -0.2) is 4.79 Å². The zero-order chi connectivity index (χ0) is 14.8. The van der Waals surface area contributed by atoms with Crippen molar-refractivity contribution >= 4 is 39.0 Å². The average Bonchev–Trinajstić information content (AvgIpc) is 2.45. The molecule has 0 radical (unpaired) electrons. The first kappa shape index (κ1) is 14.5. The molecule has 0 aliphatic carbocycles. The smallest absolute Gasteiger partial charge is 0.344 e. The van der Waals surface area contributed by atoms with E-state index >= 15 is 0 Å². The van der Waals surface area contributed by atoms with Gasteiger partial charge in [0.15, 0.2) is 0 Å². The number of fused-ring (bicyclic) bond motifs is 1. The molecule has 1 aromatic carbocycles. The van der Waals surface area contributed by atoms with Crippen LogP contribution in [-0.2, 0) is 0 Å². The lowest BCUT2D eigenvalue weighted by molar-refractivity contribution is 0.473. The molecule has 3 rings (SSSR count). The molecule has 2 aromatic rings. The van der Waals surface area contributed by atoms with E-state index in [0.717, 1.165) is 26.4 Å². The number of benzene rings is 1. The molecule has 5 heteroatoms. The second-order valence-corrected chi connectivity index (χ2v) is 6.67. The number of thioether (sulfide) groups is 1. The Labute approximate surface area is 135 Å². The monoisotopic (exact) mass is 363 g/mol. The number of halogens is 1. The summed E-state index contributed by atoms with van der Waals surface area (Å²) in [7, 11) is 0. The standard InChI is InChI=1S/C16H14BrNO2S/c1-10-8-14-15(16(19)20-10)11(6-7-21-14)9-18-13-5-3-2-4-12(13)17/h2-6,8,18H,7,9H2,1H3. The highest BCUT2D eigenvalue weighted by Gasteiger charge is 2.18. The van der Waals surface area contributed by atoms with Crippen LogP contribution in [-0.4, -0.2) is 12.3 Å². The molecule has 0 bridgehead atoms. The Morgan fingerprint density at radius 3 is 3.00 bits per heavy atom. The molecule has 1 aliphatic heterocycles. The SMILES string of the molecule is Cc1cc2c(c(=O)o1)C(CNc1ccccc1Br)=CCS2. The first-order valence-corrected chi connectivity index (χ1v) is 8.38. The van der Waals surface area contributed by atoms with Crippen LogP contribution in [0.4, 0.5) is 5.69 Å². The van der Waals surface area contributed by atoms with E-state index in [1.165, 1.54) is 0 Å². The van der Waals surface area contributed by atoms with Crippen LogP contribution >= 0.6 is 27.7 Å². The number of nitrogens with one attached hydrogen (secondary N) is 1. The van der Waals surface area contributed by atoms with Gasteiger partial charge in [0.1, 0.15) is 5.76 Å². The summed E-state index contributed by atoms with van der Waals surface area (Å²) >= 11 is 5.18. The summed E-state index contributed by atoms with van der Waals surface area (Å²) in [6.45, 7) is 2.41. The van der Waals surface area contributed by atoms with Crippen LogP contribution < -0.4 is 10.9 Å². The van der Waals surface area contributed by atoms with Crippen LogP contribution in [0.3, 0.4) is 0 Å². The van der Waals surface area contributed by atoms with Crippen LogP contribution in [0, 0.1) is 6.92 Å². The van der Waals surface area contributed by atoms with E-state index in [4.69, 9.17) is 4.42 Å². The Hall–Kier alpha value is -1.46. The zero-order valence-electron chi connectivity index (χ0n) is 11.5. The maximum Gasteiger partial charge on any atom is 0.344 e. The minimum absolute atomic E-state index is 0.252. The predicted octanol–water partition coefficient (Wildman–Crippen LogP) is 4.31. The number of anilines is 1. The maximum absolute atomic E-state index is 12.1. The van der Waals surface area contributed by atoms with Crippen molar-refractivity contribution < 1.29 is 4.42 Å². The second-order valence-electron chi connectivity index (χ2n) is 4.76. The Morgan fingerprint density at radius 2 is 2.19 bits per heavy atom. The minimum atomic E-state index is -0.252. The summed E-state index contributed by atoms with van der Waals surface area (Å²) in [5.74, 6) is 1.54. The Morgan fingerprint density at radius 1 is 1.38 bits per heavy atom. The van der Waals surface area contributed by atoms with Crippen LogP contribution in [0.5, 0.6) is 0 Å². The molecule has 0 saturated heterocycles. The van der Waals surface area contributed by atoms with Gasteiger partial charge in [0.2, 0.25) is 0 Å². The van der Waals surface area contributed by atoms with Gasteiger partial charge in [0, 0.05) is 27.4 Å². The van der Waals surface area contributed by atoms with Crippen molar-refractivity contribution in [1.82, 2.24) is 0 Å². The number of hydrogen-bond acceptors (Lipinski definition) is 4. The highest BCUT2D eigenvalue weighted by Crippen LogP contribution is 2.32. The molecule has 1 aliphatic rings. The lowest BCUT2D eigenvalue weighted by Crippen LogP contribution is -2.16. The van der Waals surface area contributed by atoms with Crippen molar-refractivity contribution in [3.63, 3.8) is 0 Å². The third kappa shape index (κ3) is 3.09. The Bertz CT molecular complexity index is 767. The van der Waals surface area contributed by atoms with E-state index < -0.39 is 0 Å². The molecule has 3 nitrogen and oxygen atoms in total. The van der Waals surface area contributed by atoms with E-state index in [2.05, 4.69) is 27.3 Å². The summed E-state index contributed by atoms with van der Waals surface area (Å²) in [6.07, 6.45) is 2.09. The van der Waals surface area contributed by atoms with E-state index in [-0.39, 0.29) is 5.63 Å². The molecule has 0 unspecified atom stereocenters. The number of rotatable bonds is 3. The normalized spacial score (nSPS) is 13.5. The van der Waals surface area contributed by atoms with Crippen molar-refractivity contribution in [1.29, 1.82) is 0 Å². The first-order valence-electron chi connectivity index (χ1n) is 6.60. The first-order chi connectivity index (χ1) is 10.1. The molecule has 1 N–H and O–H groups in total.